The fourth-order valence-electron chi connectivity index (χ4n) is 2.76. The molecular weight excluding hydrogens is 374 g/mol. The predicted octanol–water partition coefficient (Wildman–Crippen LogP) is 2.53. The van der Waals surface area contributed by atoms with Crippen LogP contribution in [0.15, 0.2) is 53.4 Å². The zero-order valence-electron chi connectivity index (χ0n) is 14.4. The number of benzene rings is 2. The van der Waals surface area contributed by atoms with E-state index >= 15 is 0 Å². The van der Waals surface area contributed by atoms with Gasteiger partial charge >= 0.3 is 0 Å². The van der Waals surface area contributed by atoms with Gasteiger partial charge in [0.2, 0.25) is 0 Å². The quantitative estimate of drug-likeness (QED) is 0.866. The third-order valence-corrected chi connectivity index (χ3v) is 5.95. The van der Waals surface area contributed by atoms with Crippen molar-refractivity contribution in [3.63, 3.8) is 0 Å². The van der Waals surface area contributed by atoms with Crippen LogP contribution in [0.1, 0.15) is 10.4 Å². The second-order valence-corrected chi connectivity index (χ2v) is 8.32. The van der Waals surface area contributed by atoms with Crippen molar-refractivity contribution >= 4 is 33.2 Å². The predicted molar refractivity (Wildman–Crippen MR) is 102 cm³/mol. The number of nitrogens with zero attached hydrogens (tertiary/aromatic N) is 2. The maximum absolute atomic E-state index is 12.8. The van der Waals surface area contributed by atoms with Crippen LogP contribution in [0.2, 0.25) is 5.02 Å². The molecule has 138 valence electrons. The number of anilines is 1. The Hall–Kier alpha value is -2.09. The molecule has 0 atom stereocenters. The fraction of sp³-hybridized carbons (Fsp3) is 0.278. The zero-order chi connectivity index (χ0) is 18.7. The molecule has 1 fully saturated rings. The summed E-state index contributed by atoms with van der Waals surface area (Å²) >= 11 is 5.82. The summed E-state index contributed by atoms with van der Waals surface area (Å²) in [4.78, 5) is 16.8. The number of likely N-dealkylation sites (N-methyl/N-ethyl adjacent to an activating group) is 1. The maximum Gasteiger partial charge on any atom is 0.261 e. The molecule has 6 nitrogen and oxygen atoms in total. The van der Waals surface area contributed by atoms with Gasteiger partial charge in [-0.15, -0.1) is 0 Å². The number of hydrogen-bond acceptors (Lipinski definition) is 4. The molecule has 0 spiro atoms. The van der Waals surface area contributed by atoms with E-state index in [2.05, 4.69) is 9.62 Å². The van der Waals surface area contributed by atoms with Crippen molar-refractivity contribution < 1.29 is 13.2 Å². The summed E-state index contributed by atoms with van der Waals surface area (Å²) in [6.45, 7) is 2.83. The minimum Gasteiger partial charge on any atom is -0.336 e. The van der Waals surface area contributed by atoms with Gasteiger partial charge in [0.1, 0.15) is 0 Å². The van der Waals surface area contributed by atoms with E-state index in [1.807, 2.05) is 7.05 Å². The average Bonchev–Trinajstić information content (AvgIpc) is 2.62. The lowest BCUT2D eigenvalue weighted by Crippen LogP contribution is -2.47. The van der Waals surface area contributed by atoms with E-state index < -0.39 is 10.0 Å². The molecule has 26 heavy (non-hydrogen) atoms. The van der Waals surface area contributed by atoms with Gasteiger partial charge in [-0.1, -0.05) is 23.7 Å². The van der Waals surface area contributed by atoms with Crippen molar-refractivity contribution in [2.24, 2.45) is 0 Å². The highest BCUT2D eigenvalue weighted by Crippen LogP contribution is 2.23. The van der Waals surface area contributed by atoms with E-state index in [1.165, 1.54) is 24.3 Å². The first-order valence-corrected chi connectivity index (χ1v) is 10.1. The molecule has 0 bridgehead atoms. The smallest absolute Gasteiger partial charge is 0.261 e. The summed E-state index contributed by atoms with van der Waals surface area (Å²) in [5.74, 6) is -0.174. The van der Waals surface area contributed by atoms with Crippen LogP contribution in [-0.2, 0) is 10.0 Å². The normalized spacial score (nSPS) is 15.7. The first kappa shape index (κ1) is 18.7. The van der Waals surface area contributed by atoms with Gasteiger partial charge in [-0.25, -0.2) is 8.42 Å². The minimum absolute atomic E-state index is 0.0868. The highest BCUT2D eigenvalue weighted by molar-refractivity contribution is 7.92. The van der Waals surface area contributed by atoms with Gasteiger partial charge in [-0.2, -0.15) is 0 Å². The molecule has 0 saturated carbocycles. The van der Waals surface area contributed by atoms with Gasteiger partial charge in [-0.3, -0.25) is 9.52 Å². The Morgan fingerprint density at radius 3 is 2.27 bits per heavy atom. The number of rotatable bonds is 4. The molecule has 1 aliphatic heterocycles. The van der Waals surface area contributed by atoms with E-state index in [1.54, 1.807) is 29.2 Å². The average molecular weight is 394 g/mol. The number of carbonyl (C=O) groups excluding carboxylic acids is 1. The third-order valence-electron chi connectivity index (χ3n) is 4.32. The van der Waals surface area contributed by atoms with E-state index in [4.69, 9.17) is 11.6 Å². The SMILES string of the molecule is CN1CCN(C(=O)c2ccccc2NS(=O)(=O)c2ccc(Cl)cc2)CC1. The Labute approximate surface area is 158 Å². The number of piperazine rings is 1. The molecule has 1 saturated heterocycles. The number of sulfonamides is 1. The first-order valence-electron chi connectivity index (χ1n) is 8.22. The van der Waals surface area contributed by atoms with Crippen LogP contribution in [0, 0.1) is 0 Å². The van der Waals surface area contributed by atoms with Crippen molar-refractivity contribution in [3.8, 4) is 0 Å². The molecule has 2 aromatic rings. The van der Waals surface area contributed by atoms with Crippen LogP contribution in [0.4, 0.5) is 5.69 Å². The second kappa shape index (κ2) is 7.65. The number of hydrogen-bond donors (Lipinski definition) is 1. The van der Waals surface area contributed by atoms with E-state index in [0.717, 1.165) is 13.1 Å². The van der Waals surface area contributed by atoms with Gasteiger partial charge in [-0.05, 0) is 43.4 Å². The molecule has 8 heteroatoms. The molecule has 0 aromatic heterocycles. The molecule has 3 rings (SSSR count). The maximum atomic E-state index is 12.8. The summed E-state index contributed by atoms with van der Waals surface area (Å²) < 4.78 is 27.8. The molecular formula is C18H20ClN3O3S. The molecule has 0 aliphatic carbocycles. The van der Waals surface area contributed by atoms with Gasteiger partial charge in [0.15, 0.2) is 0 Å². The number of carbonyl (C=O) groups is 1. The topological polar surface area (TPSA) is 69.7 Å². The summed E-state index contributed by atoms with van der Waals surface area (Å²) in [5, 5.41) is 0.453. The largest absolute Gasteiger partial charge is 0.336 e. The Kier molecular flexibility index (Phi) is 5.50. The van der Waals surface area contributed by atoms with E-state index in [0.29, 0.717) is 23.7 Å². The summed E-state index contributed by atoms with van der Waals surface area (Å²) in [6, 6.07) is 12.5. The lowest BCUT2D eigenvalue weighted by molar-refractivity contribution is 0.0665. The van der Waals surface area contributed by atoms with Crippen LogP contribution in [-0.4, -0.2) is 57.4 Å². The van der Waals surface area contributed by atoms with Gasteiger partial charge < -0.3 is 9.80 Å². The van der Waals surface area contributed by atoms with Crippen LogP contribution < -0.4 is 4.72 Å². The molecule has 0 radical (unpaired) electrons. The Balaban J connectivity index is 1.85. The van der Waals surface area contributed by atoms with Crippen molar-refractivity contribution in [1.29, 1.82) is 0 Å². The van der Waals surface area contributed by atoms with Gasteiger partial charge in [0.05, 0.1) is 16.1 Å². The van der Waals surface area contributed by atoms with Gasteiger partial charge in [0.25, 0.3) is 15.9 Å². The van der Waals surface area contributed by atoms with Crippen molar-refractivity contribution in [2.75, 3.05) is 37.9 Å². The molecule has 1 heterocycles. The first-order chi connectivity index (χ1) is 12.4. The van der Waals surface area contributed by atoms with Crippen LogP contribution in [0.3, 0.4) is 0 Å². The fourth-order valence-corrected chi connectivity index (χ4v) is 3.96. The lowest BCUT2D eigenvalue weighted by atomic mass is 10.1. The monoisotopic (exact) mass is 393 g/mol. The second-order valence-electron chi connectivity index (χ2n) is 6.20. The number of amides is 1. The van der Waals surface area contributed by atoms with Crippen molar-refractivity contribution in [3.05, 3.63) is 59.1 Å². The minimum atomic E-state index is -3.81. The van der Waals surface area contributed by atoms with E-state index in [-0.39, 0.29) is 16.5 Å². The Morgan fingerprint density at radius 1 is 1.00 bits per heavy atom. The molecule has 1 N–H and O–H groups in total. The zero-order valence-corrected chi connectivity index (χ0v) is 15.9. The highest BCUT2D eigenvalue weighted by Gasteiger charge is 2.24. The van der Waals surface area contributed by atoms with E-state index in [9.17, 15) is 13.2 Å². The van der Waals surface area contributed by atoms with Gasteiger partial charge in [0, 0.05) is 31.2 Å². The van der Waals surface area contributed by atoms with Crippen LogP contribution in [0.5, 0.6) is 0 Å². The van der Waals surface area contributed by atoms with Crippen LogP contribution in [0.25, 0.3) is 0 Å². The summed E-state index contributed by atoms with van der Waals surface area (Å²) in [7, 11) is -1.80. The highest BCUT2D eigenvalue weighted by atomic mass is 35.5. The third kappa shape index (κ3) is 4.17. The molecule has 1 aliphatic rings. The standard InChI is InChI=1S/C18H20ClN3O3S/c1-21-10-12-22(13-11-21)18(23)16-4-2-3-5-17(16)20-26(24,25)15-8-6-14(19)7-9-15/h2-9,20H,10-13H2,1H3. The molecule has 2 aromatic carbocycles. The van der Waals surface area contributed by atoms with Crippen molar-refractivity contribution in [1.82, 2.24) is 9.80 Å². The number of halogens is 1. The number of nitrogens with one attached hydrogen (secondary N) is 1. The summed E-state index contributed by atoms with van der Waals surface area (Å²) in [5.41, 5.74) is 0.612. The van der Waals surface area contributed by atoms with Crippen molar-refractivity contribution in [2.45, 2.75) is 4.90 Å². The summed E-state index contributed by atoms with van der Waals surface area (Å²) in [6.07, 6.45) is 0. The molecule has 0 unspecified atom stereocenters. The Morgan fingerprint density at radius 2 is 1.62 bits per heavy atom. The lowest BCUT2D eigenvalue weighted by Gasteiger charge is -2.32. The Bertz CT molecular complexity index is 892. The molecule has 1 amide bonds. The van der Waals surface area contributed by atoms with Crippen LogP contribution >= 0.6 is 11.6 Å². The number of para-hydroxylation sites is 1.